The van der Waals surface area contributed by atoms with Crippen LogP contribution < -0.4 is 0 Å². The van der Waals surface area contributed by atoms with Gasteiger partial charge in [0.05, 0.1) is 0 Å². The molecule has 1 nitrogen and oxygen atoms in total. The van der Waals surface area contributed by atoms with Crippen molar-refractivity contribution in [3.8, 4) is 0 Å². The van der Waals surface area contributed by atoms with Gasteiger partial charge in [0.15, 0.2) is 5.78 Å². The van der Waals surface area contributed by atoms with Crippen LogP contribution in [-0.4, -0.2) is 16.3 Å². The minimum atomic E-state index is -0.267. The number of rotatable bonds is 2. The summed E-state index contributed by atoms with van der Waals surface area (Å²) < 4.78 is 13.6. The minimum absolute atomic E-state index is 0.110. The van der Waals surface area contributed by atoms with Crippen LogP contribution in [0.25, 0.3) is 0 Å². The lowest BCUT2D eigenvalue weighted by molar-refractivity contribution is 0.0896. The van der Waals surface area contributed by atoms with Crippen molar-refractivity contribution in [2.24, 2.45) is 5.92 Å². The van der Waals surface area contributed by atoms with Crippen LogP contribution >= 0.6 is 11.8 Å². The number of Topliss-reactive ketones (excluding diaryl/α,β-unsaturated/α-hetero) is 1. The molecule has 2 aliphatic rings. The molecule has 0 spiro atoms. The molecular weight excluding hydrogens is 259 g/mol. The smallest absolute Gasteiger partial charge is 0.166 e. The van der Waals surface area contributed by atoms with Crippen molar-refractivity contribution in [1.29, 1.82) is 0 Å². The number of hydrogen-bond acceptors (Lipinski definition) is 2. The highest BCUT2D eigenvalue weighted by Crippen LogP contribution is 2.44. The Morgan fingerprint density at radius 2 is 1.95 bits per heavy atom. The number of ketones is 1. The van der Waals surface area contributed by atoms with Crippen molar-refractivity contribution in [1.82, 2.24) is 0 Å². The number of carbonyl (C=O) groups excluding carboxylic acids is 1. The molecule has 0 radical (unpaired) electrons. The van der Waals surface area contributed by atoms with Gasteiger partial charge in [0.25, 0.3) is 0 Å². The highest BCUT2D eigenvalue weighted by atomic mass is 32.2. The van der Waals surface area contributed by atoms with Gasteiger partial charge >= 0.3 is 0 Å². The van der Waals surface area contributed by atoms with E-state index in [-0.39, 0.29) is 17.5 Å². The molecular formula is C16H19FOS. The molecule has 0 aromatic heterocycles. The number of aryl methyl sites for hydroxylation is 1. The first-order valence-corrected chi connectivity index (χ1v) is 8.03. The molecule has 102 valence electrons. The van der Waals surface area contributed by atoms with Gasteiger partial charge in [0.1, 0.15) is 5.82 Å². The molecule has 2 heterocycles. The Hall–Kier alpha value is -0.830. The average Bonchev–Trinajstić information content (AvgIpc) is 2.40. The number of benzene rings is 1. The van der Waals surface area contributed by atoms with E-state index in [9.17, 15) is 9.18 Å². The van der Waals surface area contributed by atoms with Gasteiger partial charge in [0, 0.05) is 22.0 Å². The van der Waals surface area contributed by atoms with Crippen molar-refractivity contribution in [3.05, 3.63) is 35.1 Å². The zero-order valence-electron chi connectivity index (χ0n) is 11.2. The summed E-state index contributed by atoms with van der Waals surface area (Å²) in [6, 6.07) is 4.90. The zero-order chi connectivity index (χ0) is 13.4. The summed E-state index contributed by atoms with van der Waals surface area (Å²) >= 11 is 2.07. The second-order valence-corrected chi connectivity index (χ2v) is 7.41. The van der Waals surface area contributed by atoms with Crippen molar-refractivity contribution in [2.45, 2.75) is 49.5 Å². The van der Waals surface area contributed by atoms with Crippen LogP contribution in [-0.2, 0) is 0 Å². The summed E-state index contributed by atoms with van der Waals surface area (Å²) in [5.74, 6) is -0.00835. The Balaban J connectivity index is 1.78. The Kier molecular flexibility index (Phi) is 3.66. The van der Waals surface area contributed by atoms with Gasteiger partial charge in [-0.15, -0.1) is 0 Å². The lowest BCUT2D eigenvalue weighted by Crippen LogP contribution is -2.32. The third-order valence-electron chi connectivity index (χ3n) is 4.36. The van der Waals surface area contributed by atoms with Crippen LogP contribution in [0.15, 0.2) is 18.2 Å². The van der Waals surface area contributed by atoms with Crippen LogP contribution in [0, 0.1) is 18.7 Å². The van der Waals surface area contributed by atoms with Crippen LogP contribution in [0.4, 0.5) is 4.39 Å². The van der Waals surface area contributed by atoms with E-state index in [2.05, 4.69) is 11.8 Å². The van der Waals surface area contributed by atoms with Gasteiger partial charge in [-0.05, 0) is 44.2 Å². The average molecular weight is 278 g/mol. The molecule has 0 amide bonds. The maximum atomic E-state index is 13.6. The zero-order valence-corrected chi connectivity index (χ0v) is 12.0. The summed E-state index contributed by atoms with van der Waals surface area (Å²) in [6.45, 7) is 1.73. The van der Waals surface area contributed by atoms with Gasteiger partial charge in [-0.1, -0.05) is 18.6 Å². The maximum absolute atomic E-state index is 13.6. The molecule has 2 atom stereocenters. The molecule has 3 rings (SSSR count). The summed E-state index contributed by atoms with van der Waals surface area (Å²) in [7, 11) is 0. The van der Waals surface area contributed by atoms with E-state index in [0.29, 0.717) is 21.6 Å². The first-order valence-electron chi connectivity index (χ1n) is 7.09. The van der Waals surface area contributed by atoms with Crippen LogP contribution in [0.1, 0.15) is 48.0 Å². The first kappa shape index (κ1) is 13.2. The number of halogens is 1. The second-order valence-electron chi connectivity index (χ2n) is 5.81. The van der Waals surface area contributed by atoms with Gasteiger partial charge < -0.3 is 0 Å². The van der Waals surface area contributed by atoms with E-state index < -0.39 is 0 Å². The van der Waals surface area contributed by atoms with Gasteiger partial charge in [-0.3, -0.25) is 4.79 Å². The third-order valence-corrected chi connectivity index (χ3v) is 5.99. The fraction of sp³-hybridized carbons (Fsp3) is 0.562. The van der Waals surface area contributed by atoms with E-state index in [0.717, 1.165) is 12.8 Å². The van der Waals surface area contributed by atoms with Gasteiger partial charge in [-0.25, -0.2) is 4.39 Å². The summed E-state index contributed by atoms with van der Waals surface area (Å²) in [4.78, 5) is 12.5. The summed E-state index contributed by atoms with van der Waals surface area (Å²) in [6.07, 6.45) is 5.76. The predicted molar refractivity (Wildman–Crippen MR) is 77.2 cm³/mol. The Labute approximate surface area is 118 Å². The van der Waals surface area contributed by atoms with Crippen molar-refractivity contribution < 1.29 is 9.18 Å². The number of fused-ring (bicyclic) bond motifs is 2. The Bertz CT molecular complexity index is 488. The Morgan fingerprint density at radius 1 is 1.26 bits per heavy atom. The molecule has 2 fully saturated rings. The van der Waals surface area contributed by atoms with E-state index in [4.69, 9.17) is 0 Å². The predicted octanol–water partition coefficient (Wildman–Crippen LogP) is 4.38. The SMILES string of the molecule is Cc1ccc(C(=O)C2CC3CCCC(C2)S3)cc1F. The largest absolute Gasteiger partial charge is 0.294 e. The first-order chi connectivity index (χ1) is 9.13. The van der Waals surface area contributed by atoms with E-state index >= 15 is 0 Å². The van der Waals surface area contributed by atoms with Crippen LogP contribution in [0.2, 0.25) is 0 Å². The third kappa shape index (κ3) is 2.71. The van der Waals surface area contributed by atoms with Crippen molar-refractivity contribution in [2.75, 3.05) is 0 Å². The quantitative estimate of drug-likeness (QED) is 0.747. The molecule has 3 heteroatoms. The summed E-state index contributed by atoms with van der Waals surface area (Å²) in [5, 5.41) is 1.30. The van der Waals surface area contributed by atoms with Gasteiger partial charge in [-0.2, -0.15) is 11.8 Å². The minimum Gasteiger partial charge on any atom is -0.294 e. The van der Waals surface area contributed by atoms with E-state index in [1.807, 2.05) is 0 Å². The van der Waals surface area contributed by atoms with Gasteiger partial charge in [0.2, 0.25) is 0 Å². The van der Waals surface area contributed by atoms with Crippen LogP contribution in [0.3, 0.4) is 0 Å². The topological polar surface area (TPSA) is 17.1 Å². The fourth-order valence-corrected chi connectivity index (χ4v) is 5.09. The van der Waals surface area contributed by atoms with Crippen molar-refractivity contribution in [3.63, 3.8) is 0 Å². The monoisotopic (exact) mass is 278 g/mol. The highest BCUT2D eigenvalue weighted by molar-refractivity contribution is 8.00. The van der Waals surface area contributed by atoms with Crippen LogP contribution in [0.5, 0.6) is 0 Å². The number of thioether (sulfide) groups is 1. The van der Waals surface area contributed by atoms with Crippen molar-refractivity contribution >= 4 is 17.5 Å². The molecule has 2 bridgehead atoms. The lowest BCUT2D eigenvalue weighted by Gasteiger charge is -2.37. The molecule has 0 saturated carbocycles. The molecule has 0 aliphatic carbocycles. The summed E-state index contributed by atoms with van der Waals surface area (Å²) in [5.41, 5.74) is 1.16. The molecule has 1 aromatic rings. The number of hydrogen-bond donors (Lipinski definition) is 0. The molecule has 19 heavy (non-hydrogen) atoms. The highest BCUT2D eigenvalue weighted by Gasteiger charge is 2.35. The molecule has 2 saturated heterocycles. The fourth-order valence-electron chi connectivity index (χ4n) is 3.26. The Morgan fingerprint density at radius 3 is 2.58 bits per heavy atom. The standard InChI is InChI=1S/C16H19FOS/c1-10-5-6-11(9-15(10)17)16(18)12-7-13-3-2-4-14(8-12)19-13/h5-6,9,12-14H,2-4,7-8H2,1H3. The molecule has 2 unspecified atom stereocenters. The number of carbonyl (C=O) groups is 1. The lowest BCUT2D eigenvalue weighted by atomic mass is 9.84. The van der Waals surface area contributed by atoms with E-state index in [1.54, 1.807) is 19.1 Å². The van der Waals surface area contributed by atoms with E-state index in [1.165, 1.54) is 25.3 Å². The molecule has 2 aliphatic heterocycles. The molecule has 0 N–H and O–H groups in total. The molecule has 1 aromatic carbocycles. The second kappa shape index (κ2) is 5.28. The maximum Gasteiger partial charge on any atom is 0.166 e. The normalized spacial score (nSPS) is 30.1.